The Morgan fingerprint density at radius 3 is 3.12 bits per heavy atom. The van der Waals surface area contributed by atoms with Crippen LogP contribution in [-0.2, 0) is 4.79 Å². The lowest BCUT2D eigenvalue weighted by molar-refractivity contribution is -0.120. The number of ether oxygens (including phenoxy) is 1. The van der Waals surface area contributed by atoms with Gasteiger partial charge in [-0.3, -0.25) is 4.79 Å². The molecule has 0 spiro atoms. The van der Waals surface area contributed by atoms with E-state index < -0.39 is 0 Å². The zero-order valence-electron chi connectivity index (χ0n) is 10.0. The fourth-order valence-corrected chi connectivity index (χ4v) is 2.09. The molecule has 2 rings (SSSR count). The molecule has 1 aromatic carbocycles. The van der Waals surface area contributed by atoms with Gasteiger partial charge in [0.2, 0.25) is 5.91 Å². The van der Waals surface area contributed by atoms with Crippen LogP contribution >= 0.6 is 0 Å². The number of carbonyl (C=O) groups is 1. The second-order valence-corrected chi connectivity index (χ2v) is 4.21. The van der Waals surface area contributed by atoms with Gasteiger partial charge in [-0.15, -0.1) is 0 Å². The Labute approximate surface area is 101 Å². The molecule has 1 heterocycles. The summed E-state index contributed by atoms with van der Waals surface area (Å²) < 4.78 is 5.58. The highest BCUT2D eigenvalue weighted by atomic mass is 16.5. The minimum absolute atomic E-state index is 0.0384. The van der Waals surface area contributed by atoms with Crippen LogP contribution in [0.15, 0.2) is 24.3 Å². The standard InChI is InChI=1S/C13H18N2O2/c1-14-9-13(16)15-8-10-6-7-17-12-5-3-2-4-11(10)12/h2-5,10,14H,6-9H2,1H3,(H,15,16). The zero-order valence-corrected chi connectivity index (χ0v) is 10.0. The quantitative estimate of drug-likeness (QED) is 0.813. The normalized spacial score (nSPS) is 18.1. The number of likely N-dealkylation sites (N-methyl/N-ethyl adjacent to an activating group) is 1. The van der Waals surface area contributed by atoms with Crippen LogP contribution in [0.25, 0.3) is 0 Å². The van der Waals surface area contributed by atoms with Crippen molar-refractivity contribution < 1.29 is 9.53 Å². The maximum atomic E-state index is 11.4. The highest BCUT2D eigenvalue weighted by Gasteiger charge is 2.21. The largest absolute Gasteiger partial charge is 0.493 e. The molecule has 0 radical (unpaired) electrons. The van der Waals surface area contributed by atoms with Crippen LogP contribution in [0.2, 0.25) is 0 Å². The van der Waals surface area contributed by atoms with E-state index in [1.54, 1.807) is 7.05 Å². The summed E-state index contributed by atoms with van der Waals surface area (Å²) in [5, 5.41) is 5.77. The van der Waals surface area contributed by atoms with E-state index in [1.807, 2.05) is 18.2 Å². The molecule has 1 aliphatic heterocycles. The minimum atomic E-state index is 0.0384. The van der Waals surface area contributed by atoms with Crippen molar-refractivity contribution in [1.29, 1.82) is 0 Å². The summed E-state index contributed by atoms with van der Waals surface area (Å²) in [4.78, 5) is 11.4. The number of benzene rings is 1. The van der Waals surface area contributed by atoms with Gasteiger partial charge in [0.05, 0.1) is 13.2 Å². The first kappa shape index (κ1) is 11.9. The van der Waals surface area contributed by atoms with Crippen molar-refractivity contribution >= 4 is 5.91 Å². The SMILES string of the molecule is CNCC(=O)NCC1CCOc2ccccc21. The second kappa shape index (κ2) is 5.68. The van der Waals surface area contributed by atoms with E-state index in [0.29, 0.717) is 19.0 Å². The first-order chi connectivity index (χ1) is 8.31. The molecule has 17 heavy (non-hydrogen) atoms. The first-order valence-corrected chi connectivity index (χ1v) is 5.94. The lowest BCUT2D eigenvalue weighted by atomic mass is 9.93. The van der Waals surface area contributed by atoms with Gasteiger partial charge in [-0.25, -0.2) is 0 Å². The van der Waals surface area contributed by atoms with Crippen molar-refractivity contribution in [3.8, 4) is 5.75 Å². The summed E-state index contributed by atoms with van der Waals surface area (Å²) >= 11 is 0. The third-order valence-electron chi connectivity index (χ3n) is 2.97. The molecule has 0 saturated carbocycles. The predicted octanol–water partition coefficient (Wildman–Crippen LogP) is 0.888. The van der Waals surface area contributed by atoms with E-state index >= 15 is 0 Å². The predicted molar refractivity (Wildman–Crippen MR) is 66.2 cm³/mol. The average molecular weight is 234 g/mol. The van der Waals surface area contributed by atoms with E-state index in [9.17, 15) is 4.79 Å². The molecule has 4 heteroatoms. The highest BCUT2D eigenvalue weighted by molar-refractivity contribution is 5.78. The number of nitrogens with one attached hydrogen (secondary N) is 2. The third-order valence-corrected chi connectivity index (χ3v) is 2.97. The van der Waals surface area contributed by atoms with Crippen LogP contribution in [0.3, 0.4) is 0 Å². The van der Waals surface area contributed by atoms with Crippen molar-refractivity contribution in [2.24, 2.45) is 0 Å². The summed E-state index contributed by atoms with van der Waals surface area (Å²) in [5.74, 6) is 1.35. The molecule has 1 aromatic rings. The number of amides is 1. The lowest BCUT2D eigenvalue weighted by Crippen LogP contribution is -2.35. The number of fused-ring (bicyclic) bond motifs is 1. The Bertz CT molecular complexity index is 393. The molecule has 1 atom stereocenters. The maximum Gasteiger partial charge on any atom is 0.233 e. The summed E-state index contributed by atoms with van der Waals surface area (Å²) in [7, 11) is 1.77. The van der Waals surface area contributed by atoms with Gasteiger partial charge in [-0.05, 0) is 25.1 Å². The van der Waals surface area contributed by atoms with Crippen molar-refractivity contribution in [3.05, 3.63) is 29.8 Å². The number of para-hydroxylation sites is 1. The molecule has 1 amide bonds. The lowest BCUT2D eigenvalue weighted by Gasteiger charge is -2.25. The molecule has 0 fully saturated rings. The van der Waals surface area contributed by atoms with Gasteiger partial charge >= 0.3 is 0 Å². The van der Waals surface area contributed by atoms with Crippen LogP contribution in [0.5, 0.6) is 5.75 Å². The molecule has 92 valence electrons. The Kier molecular flexibility index (Phi) is 3.98. The molecule has 0 bridgehead atoms. The molecule has 0 saturated heterocycles. The molecule has 1 aliphatic rings. The van der Waals surface area contributed by atoms with Crippen LogP contribution in [0.1, 0.15) is 17.9 Å². The maximum absolute atomic E-state index is 11.4. The van der Waals surface area contributed by atoms with Gasteiger partial charge in [0.1, 0.15) is 5.75 Å². The molecular formula is C13H18N2O2. The molecule has 4 nitrogen and oxygen atoms in total. The minimum Gasteiger partial charge on any atom is -0.493 e. The molecular weight excluding hydrogens is 216 g/mol. The topological polar surface area (TPSA) is 50.4 Å². The van der Waals surface area contributed by atoms with E-state index in [1.165, 1.54) is 5.56 Å². The highest BCUT2D eigenvalue weighted by Crippen LogP contribution is 2.32. The van der Waals surface area contributed by atoms with Crippen molar-refractivity contribution in [1.82, 2.24) is 10.6 Å². The van der Waals surface area contributed by atoms with E-state index in [2.05, 4.69) is 16.7 Å². The van der Waals surface area contributed by atoms with E-state index in [4.69, 9.17) is 4.74 Å². The van der Waals surface area contributed by atoms with Gasteiger partial charge in [0.15, 0.2) is 0 Å². The van der Waals surface area contributed by atoms with Crippen LogP contribution in [0, 0.1) is 0 Å². The monoisotopic (exact) mass is 234 g/mol. The van der Waals surface area contributed by atoms with Gasteiger partial charge < -0.3 is 15.4 Å². The molecule has 0 aromatic heterocycles. The van der Waals surface area contributed by atoms with Crippen LogP contribution in [0.4, 0.5) is 0 Å². The van der Waals surface area contributed by atoms with E-state index in [-0.39, 0.29) is 5.91 Å². The average Bonchev–Trinajstić information content (AvgIpc) is 2.36. The van der Waals surface area contributed by atoms with Gasteiger partial charge in [0.25, 0.3) is 0 Å². The van der Waals surface area contributed by atoms with E-state index in [0.717, 1.165) is 18.8 Å². The number of carbonyl (C=O) groups excluding carboxylic acids is 1. The van der Waals surface area contributed by atoms with Crippen molar-refractivity contribution in [2.45, 2.75) is 12.3 Å². The van der Waals surface area contributed by atoms with Gasteiger partial charge in [0, 0.05) is 12.5 Å². The smallest absolute Gasteiger partial charge is 0.233 e. The van der Waals surface area contributed by atoms with Crippen LogP contribution in [-0.4, -0.2) is 32.7 Å². The number of hydrogen-bond acceptors (Lipinski definition) is 3. The molecule has 1 unspecified atom stereocenters. The van der Waals surface area contributed by atoms with Crippen LogP contribution < -0.4 is 15.4 Å². The van der Waals surface area contributed by atoms with Crippen molar-refractivity contribution in [2.75, 3.05) is 26.7 Å². The Morgan fingerprint density at radius 1 is 1.47 bits per heavy atom. The number of hydrogen-bond donors (Lipinski definition) is 2. The Balaban J connectivity index is 1.97. The third kappa shape index (κ3) is 2.97. The summed E-state index contributed by atoms with van der Waals surface area (Å²) in [5.41, 5.74) is 1.20. The summed E-state index contributed by atoms with van der Waals surface area (Å²) in [6.07, 6.45) is 0.955. The summed E-state index contributed by atoms with van der Waals surface area (Å²) in [6, 6.07) is 8.04. The molecule has 2 N–H and O–H groups in total. The first-order valence-electron chi connectivity index (χ1n) is 5.94. The molecule has 0 aliphatic carbocycles. The van der Waals surface area contributed by atoms with Gasteiger partial charge in [-0.1, -0.05) is 18.2 Å². The number of rotatable bonds is 4. The Morgan fingerprint density at radius 2 is 2.29 bits per heavy atom. The Hall–Kier alpha value is -1.55. The zero-order chi connectivity index (χ0) is 12.1. The fraction of sp³-hybridized carbons (Fsp3) is 0.462. The van der Waals surface area contributed by atoms with Crippen molar-refractivity contribution in [3.63, 3.8) is 0 Å². The summed E-state index contributed by atoms with van der Waals surface area (Å²) in [6.45, 7) is 1.77. The second-order valence-electron chi connectivity index (χ2n) is 4.21. The van der Waals surface area contributed by atoms with Gasteiger partial charge in [-0.2, -0.15) is 0 Å². The fourth-order valence-electron chi connectivity index (χ4n) is 2.09.